The van der Waals surface area contributed by atoms with Gasteiger partial charge in [0.15, 0.2) is 0 Å². The molecule has 212 valence electrons. The topological polar surface area (TPSA) is 35.5 Å². The van der Waals surface area contributed by atoms with Crippen LogP contribution in [0, 0.1) is 6.92 Å². The molecule has 44 heavy (non-hydrogen) atoms. The van der Waals surface area contributed by atoms with E-state index in [2.05, 4.69) is 159 Å². The molecule has 1 heterocycles. The summed E-state index contributed by atoms with van der Waals surface area (Å²) < 4.78 is 20.4. The first-order valence-electron chi connectivity index (χ1n) is 14.6. The third-order valence-electron chi connectivity index (χ3n) is 8.00. The van der Waals surface area contributed by atoms with Gasteiger partial charge in [-0.05, 0) is 64.7 Å². The maximum atomic E-state index is 6.90. The summed E-state index contributed by atoms with van der Waals surface area (Å²) in [6.45, 7) is 2.10. The summed E-state index contributed by atoms with van der Waals surface area (Å²) in [6.07, 6.45) is 0. The Balaban J connectivity index is 1.40. The van der Waals surface area contributed by atoms with E-state index in [0.717, 1.165) is 60.1 Å². The normalized spacial score (nSPS) is 11.5. The molecule has 0 unspecified atom stereocenters. The predicted molar refractivity (Wildman–Crippen MR) is 187 cm³/mol. The number of aryl methyl sites for hydroxylation is 1. The van der Waals surface area contributed by atoms with E-state index in [9.17, 15) is 0 Å². The Labute approximate surface area is 257 Å². The predicted octanol–water partition coefficient (Wildman–Crippen LogP) is 10.5. The summed E-state index contributed by atoms with van der Waals surface area (Å²) in [6, 6.07) is 53.0. The van der Waals surface area contributed by atoms with Crippen molar-refractivity contribution >= 4 is 75.6 Å². The molecule has 0 atom stereocenters. The number of para-hydroxylation sites is 1. The van der Waals surface area contributed by atoms with Crippen molar-refractivity contribution < 1.29 is 12.9 Å². The summed E-state index contributed by atoms with van der Waals surface area (Å²) in [5.74, 6) is 0.809. The first-order valence-corrected chi connectivity index (χ1v) is 17.1. The summed E-state index contributed by atoms with van der Waals surface area (Å²) >= 11 is 0. The van der Waals surface area contributed by atoms with Crippen molar-refractivity contribution in [3.63, 3.8) is 0 Å². The highest BCUT2D eigenvalue weighted by Crippen LogP contribution is 2.44. The Bertz CT molecular complexity index is 2190. The van der Waals surface area contributed by atoms with Crippen LogP contribution in [-0.2, 0) is 0 Å². The molecule has 5 heteroatoms. The highest BCUT2D eigenvalue weighted by atomic mass is 31.1. The fourth-order valence-electron chi connectivity index (χ4n) is 5.98. The second-order valence-corrected chi connectivity index (χ2v) is 13.9. The lowest BCUT2D eigenvalue weighted by molar-refractivity contribution is 0.498. The van der Waals surface area contributed by atoms with Crippen LogP contribution >= 0.6 is 16.2 Å². The highest BCUT2D eigenvalue weighted by molar-refractivity contribution is 7.80. The molecule has 0 aliphatic rings. The largest absolute Gasteiger partial charge is 0.453 e. The van der Waals surface area contributed by atoms with Crippen molar-refractivity contribution in [2.75, 3.05) is 0 Å². The van der Waals surface area contributed by atoms with Crippen molar-refractivity contribution in [1.82, 2.24) is 0 Å². The van der Waals surface area contributed by atoms with Crippen LogP contribution in [0.5, 0.6) is 5.75 Å². The van der Waals surface area contributed by atoms with Gasteiger partial charge in [0.2, 0.25) is 0 Å². The van der Waals surface area contributed by atoms with Crippen LogP contribution in [0.25, 0.3) is 43.5 Å². The zero-order chi connectivity index (χ0) is 29.5. The zero-order valence-electron chi connectivity index (χ0n) is 24.1. The van der Waals surface area contributed by atoms with Crippen LogP contribution in [0.4, 0.5) is 0 Å². The molecule has 0 amide bonds. The van der Waals surface area contributed by atoms with Crippen LogP contribution < -0.4 is 20.4 Å². The van der Waals surface area contributed by atoms with Crippen molar-refractivity contribution in [2.45, 2.75) is 6.92 Å². The number of hydrogen-bond acceptors (Lipinski definition) is 3. The average molecular weight is 607 g/mol. The standard InChI is InChI=1S/C39H28O3P2/c1-27-13-12-22-36(43(30-16-4-2-5-17-30)31-18-6-3-7-19-31)39(27)42-44-40-34-25-23-28-14-8-10-20-32(28)37(34)38-33-21-11-9-15-29(33)24-26-35(38)41-44/h2-26H,1H3. The molecule has 0 radical (unpaired) electrons. The van der Waals surface area contributed by atoms with Gasteiger partial charge in [-0.25, -0.2) is 0 Å². The lowest BCUT2D eigenvalue weighted by Gasteiger charge is -2.22. The third-order valence-corrected chi connectivity index (χ3v) is 11.5. The van der Waals surface area contributed by atoms with E-state index in [4.69, 9.17) is 12.9 Å². The van der Waals surface area contributed by atoms with Gasteiger partial charge >= 0.3 is 8.24 Å². The Kier molecular flexibility index (Phi) is 6.92. The monoisotopic (exact) mass is 606 g/mol. The van der Waals surface area contributed by atoms with E-state index in [1.165, 1.54) is 10.6 Å². The fraction of sp³-hybridized carbons (Fsp3) is 0.0256. The molecule has 3 nitrogen and oxygen atoms in total. The van der Waals surface area contributed by atoms with Crippen molar-refractivity contribution in [3.8, 4) is 5.75 Å². The van der Waals surface area contributed by atoms with E-state index < -0.39 is 16.2 Å². The first-order chi connectivity index (χ1) is 21.7. The molecule has 0 saturated heterocycles. The van der Waals surface area contributed by atoms with Crippen molar-refractivity contribution in [2.24, 2.45) is 0 Å². The summed E-state index contributed by atoms with van der Waals surface area (Å²) in [5, 5.41) is 10.3. The van der Waals surface area contributed by atoms with Gasteiger partial charge in [-0.15, -0.1) is 0 Å². The minimum atomic E-state index is -1.84. The van der Waals surface area contributed by atoms with Gasteiger partial charge in [-0.1, -0.05) is 140 Å². The third kappa shape index (κ3) is 4.76. The minimum Gasteiger partial charge on any atom is -0.390 e. The van der Waals surface area contributed by atoms with Crippen LogP contribution in [0.2, 0.25) is 0 Å². The van der Waals surface area contributed by atoms with Gasteiger partial charge < -0.3 is 12.9 Å². The lowest BCUT2D eigenvalue weighted by Crippen LogP contribution is -2.22. The number of fused-ring (bicyclic) bond motifs is 7. The molecule has 0 fully saturated rings. The highest BCUT2D eigenvalue weighted by Gasteiger charge is 2.23. The molecular weight excluding hydrogens is 578 g/mol. The van der Waals surface area contributed by atoms with E-state index >= 15 is 0 Å². The summed E-state index contributed by atoms with van der Waals surface area (Å²) in [5.41, 5.74) is 2.56. The van der Waals surface area contributed by atoms with Gasteiger partial charge in [0.1, 0.15) is 16.9 Å². The molecule has 7 aromatic carbocycles. The maximum absolute atomic E-state index is 6.90. The SMILES string of the molecule is Cc1cccc(P(c2ccccc2)c2ccccc2)c1Op1oc2ccc3ccccc3c2c2c(ccc3ccccc32)o1. The summed E-state index contributed by atoms with van der Waals surface area (Å²) in [4.78, 5) is 0. The lowest BCUT2D eigenvalue weighted by atomic mass is 9.99. The zero-order valence-corrected chi connectivity index (χ0v) is 25.8. The second-order valence-electron chi connectivity index (χ2n) is 10.7. The first kappa shape index (κ1) is 26.8. The fourth-order valence-corrected chi connectivity index (χ4v) is 9.63. The number of benzene rings is 7. The molecule has 8 rings (SSSR count). The molecule has 1 aromatic heterocycles. The Morgan fingerprint density at radius 2 is 1.00 bits per heavy atom. The van der Waals surface area contributed by atoms with Crippen molar-refractivity contribution in [1.29, 1.82) is 0 Å². The molecule has 0 aliphatic heterocycles. The Morgan fingerprint density at radius 1 is 0.500 bits per heavy atom. The molecule has 0 saturated carbocycles. The van der Waals surface area contributed by atoms with E-state index in [1.54, 1.807) is 0 Å². The van der Waals surface area contributed by atoms with Gasteiger partial charge in [0.25, 0.3) is 0 Å². The summed E-state index contributed by atoms with van der Waals surface area (Å²) in [7, 11) is -2.74. The molecule has 0 spiro atoms. The van der Waals surface area contributed by atoms with Gasteiger partial charge in [-0.3, -0.25) is 0 Å². The van der Waals surface area contributed by atoms with Crippen LogP contribution in [0.3, 0.4) is 0 Å². The molecule has 0 bridgehead atoms. The molecule has 8 aromatic rings. The van der Waals surface area contributed by atoms with Crippen LogP contribution in [0.1, 0.15) is 5.56 Å². The average Bonchev–Trinajstić information content (AvgIpc) is 3.24. The quantitative estimate of drug-likeness (QED) is 0.183. The van der Waals surface area contributed by atoms with Crippen LogP contribution in [0.15, 0.2) is 160 Å². The smallest absolute Gasteiger partial charge is 0.390 e. The number of rotatable bonds is 5. The molecule has 0 N–H and O–H groups in total. The van der Waals surface area contributed by atoms with E-state index in [1.807, 2.05) is 0 Å². The van der Waals surface area contributed by atoms with E-state index in [0.29, 0.717) is 0 Å². The Morgan fingerprint density at radius 3 is 1.55 bits per heavy atom. The van der Waals surface area contributed by atoms with Gasteiger partial charge in [0, 0.05) is 16.1 Å². The molecular formula is C39H28O3P2. The molecule has 0 aliphatic carbocycles. The van der Waals surface area contributed by atoms with Crippen LogP contribution in [-0.4, -0.2) is 0 Å². The maximum Gasteiger partial charge on any atom is 0.453 e. The minimum absolute atomic E-state index is 0.758. The Hall–Kier alpha value is -4.81. The van der Waals surface area contributed by atoms with Crippen molar-refractivity contribution in [3.05, 3.63) is 157 Å². The number of hydrogen-bond donors (Lipinski definition) is 0. The second kappa shape index (κ2) is 11.4. The van der Waals surface area contributed by atoms with Gasteiger partial charge in [-0.2, -0.15) is 0 Å². The van der Waals surface area contributed by atoms with Gasteiger partial charge in [0.05, 0.1) is 0 Å². The van der Waals surface area contributed by atoms with E-state index in [-0.39, 0.29) is 0 Å².